The Morgan fingerprint density at radius 1 is 1.10 bits per heavy atom. The summed E-state index contributed by atoms with van der Waals surface area (Å²) in [6.45, 7) is 8.19. The molecule has 0 aliphatic heterocycles. The van der Waals surface area contributed by atoms with Gasteiger partial charge in [-0.2, -0.15) is 4.98 Å². The Morgan fingerprint density at radius 2 is 1.90 bits per heavy atom. The number of H-pyrrole nitrogens is 1. The molecule has 2 heterocycles. The van der Waals surface area contributed by atoms with Gasteiger partial charge in [-0.1, -0.05) is 29.1 Å². The molecule has 0 bridgehead atoms. The summed E-state index contributed by atoms with van der Waals surface area (Å²) in [7, 11) is 0. The molecular formula is C23H25N5O2S. The van der Waals surface area contributed by atoms with E-state index in [1.807, 2.05) is 32.0 Å². The Hall–Kier alpha value is -3.13. The van der Waals surface area contributed by atoms with Crippen LogP contribution in [0.1, 0.15) is 40.4 Å². The Morgan fingerprint density at radius 3 is 2.74 bits per heavy atom. The summed E-state index contributed by atoms with van der Waals surface area (Å²) >= 11 is 1.52. The number of hydrogen-bond acceptors (Lipinski definition) is 6. The van der Waals surface area contributed by atoms with Crippen molar-refractivity contribution < 1.29 is 9.32 Å². The molecule has 1 amide bonds. The SMILES string of the molecule is Cc1cc2nc(SCc3noc(CCC(=O)Nc4cccc(C)c4C)n3)[nH]c2cc1C. The number of rotatable bonds is 7. The summed E-state index contributed by atoms with van der Waals surface area (Å²) in [5.41, 5.74) is 7.49. The predicted octanol–water partition coefficient (Wildman–Crippen LogP) is 5.04. The predicted molar refractivity (Wildman–Crippen MR) is 122 cm³/mol. The highest BCUT2D eigenvalue weighted by Gasteiger charge is 2.12. The molecule has 160 valence electrons. The van der Waals surface area contributed by atoms with Gasteiger partial charge in [0.25, 0.3) is 0 Å². The van der Waals surface area contributed by atoms with Gasteiger partial charge in [0.2, 0.25) is 11.8 Å². The monoisotopic (exact) mass is 435 g/mol. The number of fused-ring (bicyclic) bond motifs is 1. The maximum absolute atomic E-state index is 12.3. The van der Waals surface area contributed by atoms with Crippen molar-refractivity contribution in [2.24, 2.45) is 0 Å². The standard InChI is InChI=1S/C23H25N5O2S/c1-13-6-5-7-17(16(13)4)24-21(29)8-9-22-27-20(28-30-22)12-31-23-25-18-10-14(2)15(3)11-19(18)26-23/h5-7,10-11H,8-9,12H2,1-4H3,(H,24,29)(H,25,26). The molecule has 0 saturated carbocycles. The molecule has 2 N–H and O–H groups in total. The maximum Gasteiger partial charge on any atom is 0.227 e. The largest absolute Gasteiger partial charge is 0.339 e. The van der Waals surface area contributed by atoms with E-state index in [0.717, 1.165) is 33.0 Å². The molecule has 2 aromatic heterocycles. The fourth-order valence-corrected chi connectivity index (χ4v) is 3.95. The summed E-state index contributed by atoms with van der Waals surface area (Å²) in [6.07, 6.45) is 0.683. The fourth-order valence-electron chi connectivity index (χ4n) is 3.22. The molecule has 0 saturated heterocycles. The van der Waals surface area contributed by atoms with E-state index in [0.29, 0.717) is 23.9 Å². The van der Waals surface area contributed by atoms with E-state index in [-0.39, 0.29) is 12.3 Å². The van der Waals surface area contributed by atoms with Crippen molar-refractivity contribution >= 4 is 34.4 Å². The van der Waals surface area contributed by atoms with Crippen molar-refractivity contribution in [2.75, 3.05) is 5.32 Å². The number of hydrogen-bond donors (Lipinski definition) is 2. The minimum atomic E-state index is -0.0734. The van der Waals surface area contributed by atoms with Gasteiger partial charge in [0.15, 0.2) is 11.0 Å². The topological polar surface area (TPSA) is 96.7 Å². The number of imidazole rings is 1. The number of thioether (sulfide) groups is 1. The molecule has 31 heavy (non-hydrogen) atoms. The minimum absolute atomic E-state index is 0.0734. The first-order valence-corrected chi connectivity index (χ1v) is 11.1. The Labute approximate surface area is 185 Å². The lowest BCUT2D eigenvalue weighted by atomic mass is 10.1. The molecule has 0 spiro atoms. The first-order valence-electron chi connectivity index (χ1n) is 10.2. The molecule has 0 fully saturated rings. The second-order valence-electron chi connectivity index (χ2n) is 7.68. The fraction of sp³-hybridized carbons (Fsp3) is 0.304. The van der Waals surface area contributed by atoms with Crippen LogP contribution < -0.4 is 5.32 Å². The molecule has 4 aromatic rings. The van der Waals surface area contributed by atoms with Crippen LogP contribution in [0.3, 0.4) is 0 Å². The van der Waals surface area contributed by atoms with Crippen molar-refractivity contribution in [3.8, 4) is 0 Å². The highest BCUT2D eigenvalue weighted by Crippen LogP contribution is 2.24. The number of anilines is 1. The van der Waals surface area contributed by atoms with E-state index in [1.54, 1.807) is 0 Å². The Bertz CT molecular complexity index is 1210. The van der Waals surface area contributed by atoms with Gasteiger partial charge < -0.3 is 14.8 Å². The number of nitrogens with zero attached hydrogens (tertiary/aromatic N) is 3. The van der Waals surface area contributed by atoms with Crippen molar-refractivity contribution in [2.45, 2.75) is 51.4 Å². The van der Waals surface area contributed by atoms with Crippen LogP contribution in [0, 0.1) is 27.7 Å². The van der Waals surface area contributed by atoms with Gasteiger partial charge in [0, 0.05) is 18.5 Å². The van der Waals surface area contributed by atoms with Gasteiger partial charge in [-0.3, -0.25) is 4.79 Å². The summed E-state index contributed by atoms with van der Waals surface area (Å²) in [4.78, 5) is 24.6. The van der Waals surface area contributed by atoms with Gasteiger partial charge in [-0.15, -0.1) is 0 Å². The number of benzene rings is 2. The van der Waals surface area contributed by atoms with Gasteiger partial charge >= 0.3 is 0 Å². The lowest BCUT2D eigenvalue weighted by molar-refractivity contribution is -0.116. The van der Waals surface area contributed by atoms with Crippen molar-refractivity contribution in [3.63, 3.8) is 0 Å². The van der Waals surface area contributed by atoms with Crippen molar-refractivity contribution in [3.05, 3.63) is 64.3 Å². The van der Waals surface area contributed by atoms with E-state index < -0.39 is 0 Å². The zero-order valence-electron chi connectivity index (χ0n) is 18.1. The van der Waals surface area contributed by atoms with Crippen molar-refractivity contribution in [1.29, 1.82) is 0 Å². The van der Waals surface area contributed by atoms with Gasteiger partial charge in [-0.25, -0.2) is 4.98 Å². The lowest BCUT2D eigenvalue weighted by Gasteiger charge is -2.09. The summed E-state index contributed by atoms with van der Waals surface area (Å²) in [5.74, 6) is 1.51. The minimum Gasteiger partial charge on any atom is -0.339 e. The molecule has 0 aliphatic rings. The van der Waals surface area contributed by atoms with E-state index >= 15 is 0 Å². The quantitative estimate of drug-likeness (QED) is 0.395. The van der Waals surface area contributed by atoms with Gasteiger partial charge in [0.1, 0.15) is 0 Å². The third-order valence-corrected chi connectivity index (χ3v) is 6.24. The number of aromatic nitrogens is 4. The smallest absolute Gasteiger partial charge is 0.227 e. The van der Waals surface area contributed by atoms with Crippen LogP contribution in [0.5, 0.6) is 0 Å². The number of aromatic amines is 1. The van der Waals surface area contributed by atoms with Crippen LogP contribution in [0.2, 0.25) is 0 Å². The Kier molecular flexibility index (Phi) is 6.08. The zero-order valence-corrected chi connectivity index (χ0v) is 18.9. The van der Waals surface area contributed by atoms with Crippen LogP contribution in [-0.2, 0) is 17.0 Å². The lowest BCUT2D eigenvalue weighted by Crippen LogP contribution is -2.13. The highest BCUT2D eigenvalue weighted by atomic mass is 32.2. The maximum atomic E-state index is 12.3. The molecule has 0 unspecified atom stereocenters. The molecule has 8 heteroatoms. The number of nitrogens with one attached hydrogen (secondary N) is 2. The normalized spacial score (nSPS) is 11.2. The first-order chi connectivity index (χ1) is 14.9. The third-order valence-electron chi connectivity index (χ3n) is 5.37. The van der Waals surface area contributed by atoms with Crippen molar-refractivity contribution in [1.82, 2.24) is 20.1 Å². The summed E-state index contributed by atoms with van der Waals surface area (Å²) in [5, 5.41) is 7.79. The van der Waals surface area contributed by atoms with E-state index in [9.17, 15) is 4.79 Å². The van der Waals surface area contributed by atoms with E-state index in [1.165, 1.54) is 22.9 Å². The van der Waals surface area contributed by atoms with Gasteiger partial charge in [-0.05, 0) is 68.1 Å². The average molecular weight is 436 g/mol. The van der Waals surface area contributed by atoms with Crippen LogP contribution in [0.15, 0.2) is 40.0 Å². The molecular weight excluding hydrogens is 410 g/mol. The molecule has 4 rings (SSSR count). The average Bonchev–Trinajstić information content (AvgIpc) is 3.35. The number of aryl methyl sites for hydroxylation is 4. The highest BCUT2D eigenvalue weighted by molar-refractivity contribution is 7.98. The molecule has 7 nitrogen and oxygen atoms in total. The van der Waals surface area contributed by atoms with Crippen LogP contribution >= 0.6 is 11.8 Å². The Balaban J connectivity index is 1.30. The second kappa shape index (κ2) is 8.93. The number of carbonyl (C=O) groups is 1. The number of carbonyl (C=O) groups excluding carboxylic acids is 1. The third kappa shape index (κ3) is 4.96. The van der Waals surface area contributed by atoms with E-state index in [4.69, 9.17) is 4.52 Å². The van der Waals surface area contributed by atoms with E-state index in [2.05, 4.69) is 51.4 Å². The second-order valence-corrected chi connectivity index (χ2v) is 8.65. The van der Waals surface area contributed by atoms with Crippen LogP contribution in [0.25, 0.3) is 11.0 Å². The van der Waals surface area contributed by atoms with Crippen LogP contribution in [0.4, 0.5) is 5.69 Å². The summed E-state index contributed by atoms with van der Waals surface area (Å²) in [6, 6.07) is 10.1. The molecule has 0 radical (unpaired) electrons. The zero-order chi connectivity index (χ0) is 22.0. The summed E-state index contributed by atoms with van der Waals surface area (Å²) < 4.78 is 5.30. The molecule has 0 atom stereocenters. The molecule has 0 aliphatic carbocycles. The molecule has 2 aromatic carbocycles. The van der Waals surface area contributed by atoms with Crippen LogP contribution in [-0.4, -0.2) is 26.0 Å². The number of amides is 1. The van der Waals surface area contributed by atoms with Gasteiger partial charge in [0.05, 0.1) is 16.8 Å². The first kappa shape index (κ1) is 21.1.